The molecule has 1 aliphatic heterocycles. The van der Waals surface area contributed by atoms with Crippen molar-refractivity contribution in [2.75, 3.05) is 5.94 Å². The summed E-state index contributed by atoms with van der Waals surface area (Å²) in [4.78, 5) is 8.26. The van der Waals surface area contributed by atoms with E-state index in [0.717, 1.165) is 10.9 Å². The molecule has 0 bridgehead atoms. The first kappa shape index (κ1) is 8.43. The minimum absolute atomic E-state index is 0.0285. The van der Waals surface area contributed by atoms with Crippen LogP contribution in [-0.2, 0) is 0 Å². The van der Waals surface area contributed by atoms with Gasteiger partial charge in [0.25, 0.3) is 0 Å². The van der Waals surface area contributed by atoms with Crippen LogP contribution < -0.4 is 0 Å². The molecule has 1 aliphatic carbocycles. The third kappa shape index (κ3) is 1.04. The third-order valence-corrected chi connectivity index (χ3v) is 4.59. The molecule has 3 rings (SSSR count). The smallest absolute Gasteiger partial charge is 0.162 e. The molecule has 2 aliphatic rings. The van der Waals surface area contributed by atoms with Crippen LogP contribution in [0.5, 0.6) is 0 Å². The van der Waals surface area contributed by atoms with Crippen LogP contribution in [0.4, 0.5) is 10.2 Å². The molecule has 6 heteroatoms. The highest BCUT2D eigenvalue weighted by Gasteiger charge is 2.45. The van der Waals surface area contributed by atoms with Crippen molar-refractivity contribution < 1.29 is 9.50 Å². The molecule has 1 aromatic rings. The van der Waals surface area contributed by atoms with Crippen LogP contribution in [0, 0.1) is 5.92 Å². The van der Waals surface area contributed by atoms with Crippen LogP contribution in [0.25, 0.3) is 0 Å². The van der Waals surface area contributed by atoms with Crippen LogP contribution in [0.1, 0.15) is 6.42 Å². The number of aliphatic hydroxyl groups is 1. The van der Waals surface area contributed by atoms with Gasteiger partial charge in [0.15, 0.2) is 5.82 Å². The highest BCUT2D eigenvalue weighted by molar-refractivity contribution is 8.29. The number of aliphatic imine (C=N–C) groups is 1. The molecule has 0 amide bonds. The second-order valence-electron chi connectivity index (χ2n) is 3.47. The quantitative estimate of drug-likeness (QED) is 0.723. The first-order valence-corrected chi connectivity index (χ1v) is 5.93. The summed E-state index contributed by atoms with van der Waals surface area (Å²) < 4.78 is 14.7. The van der Waals surface area contributed by atoms with Crippen LogP contribution >= 0.6 is 11.1 Å². The molecule has 1 fully saturated rings. The molecule has 0 radical (unpaired) electrons. The van der Waals surface area contributed by atoms with Crippen molar-refractivity contribution in [3.05, 3.63) is 12.5 Å². The van der Waals surface area contributed by atoms with E-state index in [1.165, 1.54) is 0 Å². The first-order valence-electron chi connectivity index (χ1n) is 4.45. The lowest BCUT2D eigenvalue weighted by Gasteiger charge is -2.16. The maximum Gasteiger partial charge on any atom is 0.162 e. The summed E-state index contributed by atoms with van der Waals surface area (Å²) in [7, 11) is 0. The Morgan fingerprint density at radius 3 is 3.14 bits per heavy atom. The molecule has 1 N–H and O–H groups in total. The lowest BCUT2D eigenvalue weighted by atomic mass is 10.4. The number of halogens is 1. The Labute approximate surface area is 83.0 Å². The number of imidazole rings is 1. The van der Waals surface area contributed by atoms with E-state index in [9.17, 15) is 9.50 Å². The Hall–Kier alpha value is -0.880. The van der Waals surface area contributed by atoms with Gasteiger partial charge in [0, 0.05) is 5.92 Å². The zero-order chi connectivity index (χ0) is 9.71. The Bertz CT molecular complexity index is 405. The second kappa shape index (κ2) is 2.80. The third-order valence-electron chi connectivity index (χ3n) is 2.53. The highest BCUT2D eigenvalue weighted by Crippen LogP contribution is 2.50. The molecule has 1 aromatic heterocycles. The van der Waals surface area contributed by atoms with E-state index in [2.05, 4.69) is 9.98 Å². The predicted octanol–water partition coefficient (Wildman–Crippen LogP) is 0.999. The van der Waals surface area contributed by atoms with Gasteiger partial charge in [0.2, 0.25) is 0 Å². The van der Waals surface area contributed by atoms with Crippen molar-refractivity contribution >= 4 is 21.9 Å². The number of thiol groups is 1. The van der Waals surface area contributed by atoms with Crippen LogP contribution in [-0.4, -0.2) is 31.2 Å². The minimum atomic E-state index is -0.869. The average Bonchev–Trinajstić information content (AvgIpc) is 2.64. The van der Waals surface area contributed by atoms with Gasteiger partial charge in [-0.2, -0.15) is 0 Å². The van der Waals surface area contributed by atoms with Gasteiger partial charge < -0.3 is 5.11 Å². The van der Waals surface area contributed by atoms with E-state index in [1.807, 2.05) is 3.97 Å². The van der Waals surface area contributed by atoms with Crippen molar-refractivity contribution in [2.24, 2.45) is 10.9 Å². The number of hydrogen-bond acceptors (Lipinski definition) is 3. The fourth-order valence-corrected chi connectivity index (χ4v) is 3.58. The molecule has 4 nitrogen and oxygen atoms in total. The fraction of sp³-hybridized carbons (Fsp3) is 0.500. The van der Waals surface area contributed by atoms with Gasteiger partial charge in [-0.15, -0.1) is 11.1 Å². The molecule has 0 saturated heterocycles. The van der Waals surface area contributed by atoms with E-state index in [0.29, 0.717) is 6.42 Å². The lowest BCUT2D eigenvalue weighted by molar-refractivity contribution is 0.373. The normalized spacial score (nSPS) is 36.7. The number of alkyl halides is 1. The molecular formula is C8H10FN3OS. The predicted molar refractivity (Wildman–Crippen MR) is 53.8 cm³/mol. The van der Waals surface area contributed by atoms with Crippen molar-refractivity contribution in [1.29, 1.82) is 0 Å². The van der Waals surface area contributed by atoms with Crippen molar-refractivity contribution in [3.8, 4) is 0 Å². The van der Waals surface area contributed by atoms with E-state index in [-0.39, 0.29) is 11.9 Å². The van der Waals surface area contributed by atoms with E-state index in [1.54, 1.807) is 12.5 Å². The topological polar surface area (TPSA) is 50.4 Å². The van der Waals surface area contributed by atoms with Crippen LogP contribution in [0.15, 0.2) is 17.5 Å². The van der Waals surface area contributed by atoms with Crippen molar-refractivity contribution in [3.63, 3.8) is 0 Å². The monoisotopic (exact) mass is 215 g/mol. The lowest BCUT2D eigenvalue weighted by Crippen LogP contribution is -2.07. The number of rotatable bonds is 2. The second-order valence-corrected chi connectivity index (χ2v) is 5.44. The molecule has 3 atom stereocenters. The van der Waals surface area contributed by atoms with E-state index < -0.39 is 17.3 Å². The molecular weight excluding hydrogens is 205 g/mol. The summed E-state index contributed by atoms with van der Waals surface area (Å²) in [5.74, 6) is 0.730. The van der Waals surface area contributed by atoms with Crippen molar-refractivity contribution in [1.82, 2.24) is 8.96 Å². The fourth-order valence-electron chi connectivity index (χ4n) is 1.68. The minimum Gasteiger partial charge on any atom is -0.385 e. The molecule has 0 aromatic carbocycles. The summed E-state index contributed by atoms with van der Waals surface area (Å²) in [5, 5.41) is 10.1. The number of nitrogens with zero attached hydrogens (tertiary/aromatic N) is 3. The molecule has 2 heterocycles. The summed E-state index contributed by atoms with van der Waals surface area (Å²) in [5.41, 5.74) is 0. The number of fused-ring (bicyclic) bond motifs is 1. The summed E-state index contributed by atoms with van der Waals surface area (Å²) in [6.07, 6.45) is 3.12. The number of aromatic nitrogens is 2. The molecule has 76 valence electrons. The van der Waals surface area contributed by atoms with E-state index in [4.69, 9.17) is 0 Å². The summed E-state index contributed by atoms with van der Waals surface area (Å²) >= 11 is -0.869. The molecule has 1 unspecified atom stereocenters. The highest BCUT2D eigenvalue weighted by atomic mass is 32.2. The average molecular weight is 215 g/mol. The Balaban J connectivity index is 1.97. The van der Waals surface area contributed by atoms with Gasteiger partial charge in [-0.05, 0) is 6.42 Å². The standard InChI is InChI=1S/C8H10FN3OS/c9-6-1-5(6)8-11-7-2-10-3-12(7)14(8)4-13/h2-3,5-6,13-14H,1,4H2/t5-,6+/m1/s1. The van der Waals surface area contributed by atoms with Crippen LogP contribution in [0.3, 0.4) is 0 Å². The Morgan fingerprint density at radius 1 is 1.71 bits per heavy atom. The summed E-state index contributed by atoms with van der Waals surface area (Å²) in [6.45, 7) is 0. The molecule has 0 spiro atoms. The van der Waals surface area contributed by atoms with Gasteiger partial charge in [0.05, 0.1) is 17.2 Å². The van der Waals surface area contributed by atoms with Gasteiger partial charge in [-0.1, -0.05) is 0 Å². The van der Waals surface area contributed by atoms with Crippen LogP contribution in [0.2, 0.25) is 0 Å². The largest absolute Gasteiger partial charge is 0.385 e. The van der Waals surface area contributed by atoms with Gasteiger partial charge in [-0.3, -0.25) is 3.97 Å². The molecule has 14 heavy (non-hydrogen) atoms. The Morgan fingerprint density at radius 2 is 2.50 bits per heavy atom. The van der Waals surface area contributed by atoms with Crippen molar-refractivity contribution in [2.45, 2.75) is 12.6 Å². The number of hydrogen-bond donors (Lipinski definition) is 2. The Kier molecular flexibility index (Phi) is 1.69. The maximum absolute atomic E-state index is 12.9. The van der Waals surface area contributed by atoms with E-state index >= 15 is 0 Å². The molecule has 1 saturated carbocycles. The number of aliphatic hydroxyl groups excluding tert-OH is 1. The van der Waals surface area contributed by atoms with Gasteiger partial charge >= 0.3 is 0 Å². The zero-order valence-electron chi connectivity index (χ0n) is 7.34. The SMILES string of the molecule is OC[SH]1C([C@@H]2C[C@@H]2F)=Nc2cncn21. The maximum atomic E-state index is 12.9. The summed E-state index contributed by atoms with van der Waals surface area (Å²) in [6, 6.07) is 0. The van der Waals surface area contributed by atoms with Gasteiger partial charge in [0.1, 0.15) is 12.5 Å². The first-order chi connectivity index (χ1) is 6.81. The zero-order valence-corrected chi connectivity index (χ0v) is 8.23. The van der Waals surface area contributed by atoms with Gasteiger partial charge in [-0.25, -0.2) is 14.4 Å².